The van der Waals surface area contributed by atoms with Crippen molar-refractivity contribution >= 4 is 11.8 Å². The van der Waals surface area contributed by atoms with Gasteiger partial charge in [0.15, 0.2) is 5.78 Å². The van der Waals surface area contributed by atoms with Gasteiger partial charge in [0.2, 0.25) is 0 Å². The lowest BCUT2D eigenvalue weighted by atomic mass is 9.81. The summed E-state index contributed by atoms with van der Waals surface area (Å²) in [6, 6.07) is 2.06. The fraction of sp³-hybridized carbons (Fsp3) is 0.643. The van der Waals surface area contributed by atoms with E-state index in [9.17, 15) is 14.9 Å². The van der Waals surface area contributed by atoms with Crippen LogP contribution in [0.4, 0.5) is 0 Å². The first-order valence-electron chi connectivity index (χ1n) is 6.06. The molecule has 0 aromatic rings. The molecular weight excluding hydrogens is 230 g/mol. The largest absolute Gasteiger partial charge is 0.457 e. The molecule has 1 fully saturated rings. The van der Waals surface area contributed by atoms with Gasteiger partial charge in [0, 0.05) is 18.4 Å². The van der Waals surface area contributed by atoms with Gasteiger partial charge in [-0.25, -0.2) is 4.79 Å². The minimum Gasteiger partial charge on any atom is -0.457 e. The van der Waals surface area contributed by atoms with Crippen molar-refractivity contribution in [2.45, 2.75) is 52.1 Å². The quantitative estimate of drug-likeness (QED) is 0.569. The number of rotatable bonds is 3. The minimum atomic E-state index is -1.06. The zero-order valence-electron chi connectivity index (χ0n) is 11.2. The van der Waals surface area contributed by atoms with E-state index in [0.717, 1.165) is 0 Å². The number of ether oxygens (including phenoxy) is 1. The summed E-state index contributed by atoms with van der Waals surface area (Å²) in [5, 5.41) is 9.19. The van der Waals surface area contributed by atoms with Crippen molar-refractivity contribution in [3.63, 3.8) is 0 Å². The summed E-state index contributed by atoms with van der Waals surface area (Å²) in [7, 11) is 0. The first kappa shape index (κ1) is 14.4. The lowest BCUT2D eigenvalue weighted by Crippen LogP contribution is -2.29. The second kappa shape index (κ2) is 4.93. The fourth-order valence-electron chi connectivity index (χ4n) is 2.06. The molecule has 0 aromatic heterocycles. The highest BCUT2D eigenvalue weighted by molar-refractivity contribution is 5.93. The molecular formula is C14H19NO3. The molecule has 0 spiro atoms. The Labute approximate surface area is 108 Å². The normalized spacial score (nSPS) is 23.6. The summed E-state index contributed by atoms with van der Waals surface area (Å²) in [5.74, 6) is -0.619. The molecule has 0 unspecified atom stereocenters. The van der Waals surface area contributed by atoms with Crippen LogP contribution in [0.5, 0.6) is 0 Å². The van der Waals surface area contributed by atoms with Crippen LogP contribution in [-0.2, 0) is 14.3 Å². The van der Waals surface area contributed by atoms with Crippen LogP contribution < -0.4 is 0 Å². The number of Topliss-reactive ketones (excluding diaryl/α,β-unsaturated/α-hetero) is 1. The molecule has 18 heavy (non-hydrogen) atoms. The van der Waals surface area contributed by atoms with E-state index in [4.69, 9.17) is 4.74 Å². The van der Waals surface area contributed by atoms with Crippen molar-refractivity contribution in [2.24, 2.45) is 5.41 Å². The molecule has 1 saturated carbocycles. The molecule has 4 heteroatoms. The summed E-state index contributed by atoms with van der Waals surface area (Å²) >= 11 is 0. The maximum Gasteiger partial charge on any atom is 0.333 e. The number of hydrogen-bond donors (Lipinski definition) is 0. The lowest BCUT2D eigenvalue weighted by molar-refractivity contribution is -0.150. The zero-order chi connectivity index (χ0) is 14.0. The van der Waals surface area contributed by atoms with Crippen LogP contribution in [-0.4, -0.2) is 17.4 Å². The SMILES string of the molecule is C=C(C[C@@]1(C#N)CCCC1=O)C(=O)OC(C)(C)C. The molecule has 1 aliphatic carbocycles. The molecule has 4 nitrogen and oxygen atoms in total. The van der Waals surface area contributed by atoms with E-state index >= 15 is 0 Å². The molecule has 0 saturated heterocycles. The van der Waals surface area contributed by atoms with E-state index in [1.165, 1.54) is 0 Å². The second-order valence-electron chi connectivity index (χ2n) is 5.75. The third kappa shape index (κ3) is 3.19. The van der Waals surface area contributed by atoms with Crippen molar-refractivity contribution in [2.75, 3.05) is 0 Å². The van der Waals surface area contributed by atoms with Crippen molar-refractivity contribution in [1.29, 1.82) is 5.26 Å². The molecule has 98 valence electrons. The minimum absolute atomic E-state index is 0.0806. The monoisotopic (exact) mass is 249 g/mol. The molecule has 1 aliphatic rings. The number of nitrogens with zero attached hydrogens (tertiary/aromatic N) is 1. The molecule has 0 heterocycles. The summed E-state index contributed by atoms with van der Waals surface area (Å²) in [4.78, 5) is 23.5. The smallest absolute Gasteiger partial charge is 0.333 e. The van der Waals surface area contributed by atoms with Gasteiger partial charge in [-0.1, -0.05) is 6.58 Å². The third-order valence-electron chi connectivity index (χ3n) is 2.96. The number of nitriles is 1. The van der Waals surface area contributed by atoms with Gasteiger partial charge in [-0.2, -0.15) is 5.26 Å². The number of esters is 1. The van der Waals surface area contributed by atoms with Gasteiger partial charge in [-0.05, 0) is 33.6 Å². The Morgan fingerprint density at radius 3 is 2.56 bits per heavy atom. The Kier molecular flexibility index (Phi) is 3.95. The van der Waals surface area contributed by atoms with E-state index in [2.05, 4.69) is 12.6 Å². The van der Waals surface area contributed by atoms with Gasteiger partial charge in [-0.15, -0.1) is 0 Å². The molecule has 0 aliphatic heterocycles. The lowest BCUT2D eigenvalue weighted by Gasteiger charge is -2.23. The molecule has 0 aromatic carbocycles. The van der Waals surface area contributed by atoms with E-state index < -0.39 is 17.0 Å². The number of carbonyl (C=O) groups is 2. The summed E-state index contributed by atoms with van der Waals surface area (Å²) in [6.45, 7) is 8.94. The molecule has 0 N–H and O–H groups in total. The highest BCUT2D eigenvalue weighted by Gasteiger charge is 2.43. The highest BCUT2D eigenvalue weighted by atomic mass is 16.6. The molecule has 1 atom stereocenters. The van der Waals surface area contributed by atoms with Crippen LogP contribution >= 0.6 is 0 Å². The van der Waals surface area contributed by atoms with Gasteiger partial charge in [0.25, 0.3) is 0 Å². The van der Waals surface area contributed by atoms with Gasteiger partial charge >= 0.3 is 5.97 Å². The van der Waals surface area contributed by atoms with Crippen LogP contribution in [0.1, 0.15) is 46.5 Å². The average molecular weight is 249 g/mol. The topological polar surface area (TPSA) is 67.2 Å². The van der Waals surface area contributed by atoms with Gasteiger partial charge in [-0.3, -0.25) is 4.79 Å². The Morgan fingerprint density at radius 1 is 1.56 bits per heavy atom. The zero-order valence-corrected chi connectivity index (χ0v) is 11.2. The standard InChI is InChI=1S/C14H19NO3/c1-10(12(17)18-13(2,3)4)8-14(9-15)7-5-6-11(14)16/h1,5-8H2,2-4H3/t14-/m1/s1. The Balaban J connectivity index is 2.73. The van der Waals surface area contributed by atoms with Crippen LogP contribution in [0.3, 0.4) is 0 Å². The van der Waals surface area contributed by atoms with Crippen LogP contribution in [0.25, 0.3) is 0 Å². The van der Waals surface area contributed by atoms with E-state index in [-0.39, 0.29) is 17.8 Å². The van der Waals surface area contributed by atoms with Crippen molar-refractivity contribution in [3.8, 4) is 6.07 Å². The van der Waals surface area contributed by atoms with Crippen molar-refractivity contribution in [1.82, 2.24) is 0 Å². The maximum absolute atomic E-state index is 11.8. The predicted molar refractivity (Wildman–Crippen MR) is 66.5 cm³/mol. The predicted octanol–water partition coefficient (Wildman–Crippen LogP) is 2.54. The highest BCUT2D eigenvalue weighted by Crippen LogP contribution is 2.39. The fourth-order valence-corrected chi connectivity index (χ4v) is 2.06. The second-order valence-corrected chi connectivity index (χ2v) is 5.75. The first-order chi connectivity index (χ1) is 8.20. The van der Waals surface area contributed by atoms with Crippen LogP contribution in [0, 0.1) is 16.7 Å². The van der Waals surface area contributed by atoms with Gasteiger partial charge in [0.05, 0.1) is 6.07 Å². The van der Waals surface area contributed by atoms with Gasteiger partial charge in [0.1, 0.15) is 11.0 Å². The third-order valence-corrected chi connectivity index (χ3v) is 2.96. The Morgan fingerprint density at radius 2 is 2.17 bits per heavy atom. The van der Waals surface area contributed by atoms with Crippen LogP contribution in [0.2, 0.25) is 0 Å². The van der Waals surface area contributed by atoms with Gasteiger partial charge < -0.3 is 4.74 Å². The molecule has 0 bridgehead atoms. The number of carbonyl (C=O) groups excluding carboxylic acids is 2. The Hall–Kier alpha value is -1.63. The molecule has 0 radical (unpaired) electrons. The van der Waals surface area contributed by atoms with E-state index in [0.29, 0.717) is 19.3 Å². The van der Waals surface area contributed by atoms with Crippen LogP contribution in [0.15, 0.2) is 12.2 Å². The Bertz CT molecular complexity index is 425. The number of ketones is 1. The summed E-state index contributed by atoms with van der Waals surface area (Å²) in [6.07, 6.45) is 1.70. The van der Waals surface area contributed by atoms with Crippen molar-refractivity contribution in [3.05, 3.63) is 12.2 Å². The first-order valence-corrected chi connectivity index (χ1v) is 6.06. The summed E-state index contributed by atoms with van der Waals surface area (Å²) in [5.41, 5.74) is -1.46. The maximum atomic E-state index is 11.8. The van der Waals surface area contributed by atoms with E-state index in [1.807, 2.05) is 0 Å². The average Bonchev–Trinajstić information content (AvgIpc) is 2.58. The van der Waals surface area contributed by atoms with Crippen molar-refractivity contribution < 1.29 is 14.3 Å². The molecule has 1 rings (SSSR count). The van der Waals surface area contributed by atoms with E-state index in [1.54, 1.807) is 20.8 Å². The summed E-state index contributed by atoms with van der Waals surface area (Å²) < 4.78 is 5.18. The molecule has 0 amide bonds. The number of hydrogen-bond acceptors (Lipinski definition) is 4.